The minimum absolute atomic E-state index is 0.119. The Hall–Kier alpha value is -2.66. The molecule has 5 heteroatoms. The van der Waals surface area contributed by atoms with Gasteiger partial charge in [-0.3, -0.25) is 9.89 Å². The average molecular weight is 323 g/mol. The van der Waals surface area contributed by atoms with Crippen LogP contribution in [0.15, 0.2) is 48.5 Å². The fraction of sp³-hybridized carbons (Fsp3) is 0.263. The molecule has 1 atom stereocenters. The maximum atomic E-state index is 12.7. The van der Waals surface area contributed by atoms with Gasteiger partial charge in [0.25, 0.3) is 5.91 Å². The van der Waals surface area contributed by atoms with E-state index in [4.69, 9.17) is 4.74 Å². The van der Waals surface area contributed by atoms with Crippen molar-refractivity contribution in [2.75, 3.05) is 13.7 Å². The first-order valence-corrected chi connectivity index (χ1v) is 8.04. The van der Waals surface area contributed by atoms with E-state index in [1.807, 2.05) is 42.5 Å². The maximum Gasteiger partial charge on any atom is 0.251 e. The van der Waals surface area contributed by atoms with E-state index in [1.54, 1.807) is 13.2 Å². The Morgan fingerprint density at radius 3 is 2.75 bits per heavy atom. The molecule has 0 saturated heterocycles. The minimum Gasteiger partial charge on any atom is -0.382 e. The van der Waals surface area contributed by atoms with E-state index in [0.717, 1.165) is 28.6 Å². The number of hydrogen-bond acceptors (Lipinski definition) is 3. The highest BCUT2D eigenvalue weighted by Gasteiger charge is 2.16. The second-order valence-electron chi connectivity index (χ2n) is 5.68. The van der Waals surface area contributed by atoms with E-state index in [1.165, 1.54) is 0 Å². The van der Waals surface area contributed by atoms with Crippen molar-refractivity contribution in [1.29, 1.82) is 0 Å². The van der Waals surface area contributed by atoms with Crippen LogP contribution in [0, 0.1) is 0 Å². The third kappa shape index (κ3) is 3.31. The van der Waals surface area contributed by atoms with Gasteiger partial charge in [0.05, 0.1) is 18.2 Å². The lowest BCUT2D eigenvalue weighted by Gasteiger charge is -2.18. The first-order valence-electron chi connectivity index (χ1n) is 8.04. The van der Waals surface area contributed by atoms with Gasteiger partial charge in [0, 0.05) is 23.8 Å². The summed E-state index contributed by atoms with van der Waals surface area (Å²) in [5, 5.41) is 11.3. The van der Waals surface area contributed by atoms with Gasteiger partial charge in [0.1, 0.15) is 0 Å². The van der Waals surface area contributed by atoms with E-state index in [-0.39, 0.29) is 11.9 Å². The molecule has 0 aliphatic rings. The molecule has 0 aliphatic carbocycles. The molecule has 0 saturated carbocycles. The highest BCUT2D eigenvalue weighted by molar-refractivity contribution is 5.98. The minimum atomic E-state index is -0.186. The summed E-state index contributed by atoms with van der Waals surface area (Å²) in [5.74, 6) is -0.119. The number of fused-ring (bicyclic) bond motifs is 1. The normalized spacial score (nSPS) is 12.2. The summed E-state index contributed by atoms with van der Waals surface area (Å²) in [5.41, 5.74) is 3.55. The van der Waals surface area contributed by atoms with Crippen LogP contribution in [0.25, 0.3) is 10.9 Å². The van der Waals surface area contributed by atoms with Gasteiger partial charge in [-0.05, 0) is 30.2 Å². The Kier molecular flexibility index (Phi) is 4.91. The molecule has 1 amide bonds. The Balaban J connectivity index is 1.84. The van der Waals surface area contributed by atoms with Crippen molar-refractivity contribution in [1.82, 2.24) is 15.5 Å². The number of nitrogens with one attached hydrogen (secondary N) is 2. The van der Waals surface area contributed by atoms with Gasteiger partial charge in [0.15, 0.2) is 0 Å². The van der Waals surface area contributed by atoms with Crippen LogP contribution in [0.1, 0.15) is 34.6 Å². The summed E-state index contributed by atoms with van der Waals surface area (Å²) < 4.78 is 5.26. The van der Waals surface area contributed by atoms with Gasteiger partial charge < -0.3 is 10.1 Å². The summed E-state index contributed by atoms with van der Waals surface area (Å²) in [6.07, 6.45) is 0.845. The standard InChI is InChI=1S/C19H21N3O2/c1-3-16-15-11-14(9-10-17(15)22-21-16)19(23)20-18(12-24-2)13-7-5-4-6-8-13/h4-11,18H,3,12H2,1-2H3,(H,20,23)(H,21,22). The van der Waals surface area contributed by atoms with Crippen molar-refractivity contribution in [2.45, 2.75) is 19.4 Å². The first kappa shape index (κ1) is 16.2. The number of aromatic nitrogens is 2. The Labute approximate surface area is 141 Å². The molecule has 124 valence electrons. The summed E-state index contributed by atoms with van der Waals surface area (Å²) in [7, 11) is 1.63. The zero-order valence-corrected chi connectivity index (χ0v) is 13.9. The van der Waals surface area contributed by atoms with Crippen molar-refractivity contribution >= 4 is 16.8 Å². The van der Waals surface area contributed by atoms with Gasteiger partial charge in [0.2, 0.25) is 0 Å². The smallest absolute Gasteiger partial charge is 0.251 e. The topological polar surface area (TPSA) is 67.0 Å². The quantitative estimate of drug-likeness (QED) is 0.732. The highest BCUT2D eigenvalue weighted by atomic mass is 16.5. The predicted octanol–water partition coefficient (Wildman–Crippen LogP) is 3.24. The number of carbonyl (C=O) groups excluding carboxylic acids is 1. The number of carbonyl (C=O) groups is 1. The Morgan fingerprint density at radius 2 is 2.04 bits per heavy atom. The molecule has 3 aromatic rings. The largest absolute Gasteiger partial charge is 0.382 e. The van der Waals surface area contributed by atoms with E-state index in [0.29, 0.717) is 12.2 Å². The third-order valence-electron chi connectivity index (χ3n) is 4.09. The molecule has 24 heavy (non-hydrogen) atoms. The fourth-order valence-electron chi connectivity index (χ4n) is 2.79. The molecule has 2 N–H and O–H groups in total. The molecule has 2 aromatic carbocycles. The average Bonchev–Trinajstić information content (AvgIpc) is 3.04. The molecule has 0 bridgehead atoms. The van der Waals surface area contributed by atoms with Crippen LogP contribution in [0.4, 0.5) is 0 Å². The third-order valence-corrected chi connectivity index (χ3v) is 4.09. The molecule has 0 radical (unpaired) electrons. The lowest BCUT2D eigenvalue weighted by Crippen LogP contribution is -2.31. The summed E-state index contributed by atoms with van der Waals surface area (Å²) >= 11 is 0. The SMILES string of the molecule is CCc1[nH]nc2ccc(C(=O)NC(COC)c3ccccc3)cc12. The van der Waals surface area contributed by atoms with Crippen LogP contribution < -0.4 is 5.32 Å². The van der Waals surface area contributed by atoms with Gasteiger partial charge in [-0.1, -0.05) is 37.3 Å². The molecule has 1 heterocycles. The number of ether oxygens (including phenoxy) is 1. The summed E-state index contributed by atoms with van der Waals surface area (Å²) in [6.45, 7) is 2.48. The molecule has 3 rings (SSSR count). The molecular weight excluding hydrogens is 302 g/mol. The van der Waals surface area contributed by atoms with Crippen LogP contribution in [0.3, 0.4) is 0 Å². The summed E-state index contributed by atoms with van der Waals surface area (Å²) in [4.78, 5) is 12.7. The van der Waals surface area contributed by atoms with Crippen molar-refractivity contribution < 1.29 is 9.53 Å². The van der Waals surface area contributed by atoms with Gasteiger partial charge in [-0.15, -0.1) is 0 Å². The van der Waals surface area contributed by atoms with Gasteiger partial charge in [-0.2, -0.15) is 5.10 Å². The lowest BCUT2D eigenvalue weighted by atomic mass is 10.1. The zero-order chi connectivity index (χ0) is 16.9. The molecule has 0 aliphatic heterocycles. The number of H-pyrrole nitrogens is 1. The van der Waals surface area contributed by atoms with Crippen molar-refractivity contribution in [3.05, 3.63) is 65.4 Å². The monoisotopic (exact) mass is 323 g/mol. The number of aromatic amines is 1. The predicted molar refractivity (Wildman–Crippen MR) is 94.0 cm³/mol. The van der Waals surface area contributed by atoms with Crippen molar-refractivity contribution in [3.8, 4) is 0 Å². The highest BCUT2D eigenvalue weighted by Crippen LogP contribution is 2.19. The van der Waals surface area contributed by atoms with Crippen LogP contribution >= 0.6 is 0 Å². The van der Waals surface area contributed by atoms with Crippen molar-refractivity contribution in [2.24, 2.45) is 0 Å². The number of benzene rings is 2. The second-order valence-corrected chi connectivity index (χ2v) is 5.68. The van der Waals surface area contributed by atoms with Crippen molar-refractivity contribution in [3.63, 3.8) is 0 Å². The van der Waals surface area contributed by atoms with E-state index in [9.17, 15) is 4.79 Å². The number of nitrogens with zero attached hydrogens (tertiary/aromatic N) is 1. The van der Waals surface area contributed by atoms with Crippen LogP contribution in [-0.4, -0.2) is 29.8 Å². The molecule has 0 fully saturated rings. The lowest BCUT2D eigenvalue weighted by molar-refractivity contribution is 0.0896. The zero-order valence-electron chi connectivity index (χ0n) is 13.9. The maximum absolute atomic E-state index is 12.7. The van der Waals surface area contributed by atoms with Crippen LogP contribution in [0.5, 0.6) is 0 Å². The second kappa shape index (κ2) is 7.27. The van der Waals surface area contributed by atoms with E-state index in [2.05, 4.69) is 22.4 Å². The number of hydrogen-bond donors (Lipinski definition) is 2. The number of rotatable bonds is 6. The van der Waals surface area contributed by atoms with Gasteiger partial charge in [-0.25, -0.2) is 0 Å². The van der Waals surface area contributed by atoms with Gasteiger partial charge >= 0.3 is 0 Å². The Morgan fingerprint density at radius 1 is 1.25 bits per heavy atom. The van der Waals surface area contributed by atoms with Crippen LogP contribution in [-0.2, 0) is 11.2 Å². The van der Waals surface area contributed by atoms with E-state index >= 15 is 0 Å². The molecular formula is C19H21N3O2. The molecule has 1 unspecified atom stereocenters. The Bertz CT molecular complexity index is 827. The van der Waals surface area contributed by atoms with Crippen LogP contribution in [0.2, 0.25) is 0 Å². The first-order chi connectivity index (χ1) is 11.7. The fourth-order valence-corrected chi connectivity index (χ4v) is 2.79. The number of methoxy groups -OCH3 is 1. The number of amides is 1. The number of aryl methyl sites for hydroxylation is 1. The molecule has 1 aromatic heterocycles. The summed E-state index contributed by atoms with van der Waals surface area (Å²) in [6, 6.07) is 15.2. The molecule has 5 nitrogen and oxygen atoms in total. The van der Waals surface area contributed by atoms with E-state index < -0.39 is 0 Å². The molecule has 0 spiro atoms.